The first-order valence-electron chi connectivity index (χ1n) is 7.81. The summed E-state index contributed by atoms with van der Waals surface area (Å²) in [4.78, 5) is 25.0. The SMILES string of the molecule is COCC(NC(=O)C(C(C)C)n1nnc(-c2ccccc2)n1)C(=O)O. The maximum Gasteiger partial charge on any atom is 0.328 e. The van der Waals surface area contributed by atoms with Crippen LogP contribution in [0.25, 0.3) is 11.4 Å². The zero-order valence-electron chi connectivity index (χ0n) is 14.3. The number of amides is 1. The molecule has 25 heavy (non-hydrogen) atoms. The normalized spacial score (nSPS) is 13.4. The van der Waals surface area contributed by atoms with E-state index in [1.165, 1.54) is 11.9 Å². The molecule has 2 aromatic rings. The molecule has 0 saturated heterocycles. The maximum atomic E-state index is 12.6. The standard InChI is InChI=1S/C16H21N5O4/c1-10(2)13(15(22)17-12(9-25-3)16(23)24)21-19-14(18-20-21)11-7-5-4-6-8-11/h4-8,10,12-13H,9H2,1-3H3,(H,17,22)(H,23,24). The zero-order chi connectivity index (χ0) is 18.4. The lowest BCUT2D eigenvalue weighted by Gasteiger charge is -2.21. The number of aliphatic carboxylic acids is 1. The molecule has 134 valence electrons. The molecule has 0 saturated carbocycles. The minimum absolute atomic E-state index is 0.133. The monoisotopic (exact) mass is 347 g/mol. The van der Waals surface area contributed by atoms with Crippen molar-refractivity contribution in [3.63, 3.8) is 0 Å². The second kappa shape index (κ2) is 8.34. The smallest absolute Gasteiger partial charge is 0.328 e. The molecule has 0 aliphatic heterocycles. The number of ether oxygens (including phenoxy) is 1. The molecule has 2 rings (SSSR count). The summed E-state index contributed by atoms with van der Waals surface area (Å²) in [5.74, 6) is -1.45. The molecular formula is C16H21N5O4. The molecule has 1 aromatic carbocycles. The van der Waals surface area contributed by atoms with E-state index < -0.39 is 24.0 Å². The second-order valence-corrected chi connectivity index (χ2v) is 5.84. The number of hydrogen-bond donors (Lipinski definition) is 2. The number of carbonyl (C=O) groups is 2. The Morgan fingerprint density at radius 1 is 1.28 bits per heavy atom. The van der Waals surface area contributed by atoms with Crippen molar-refractivity contribution in [3.8, 4) is 11.4 Å². The Morgan fingerprint density at radius 2 is 1.96 bits per heavy atom. The number of carbonyl (C=O) groups excluding carboxylic acids is 1. The average molecular weight is 347 g/mol. The topological polar surface area (TPSA) is 119 Å². The maximum absolute atomic E-state index is 12.6. The number of carboxylic acid groups (broad SMARTS) is 1. The lowest BCUT2D eigenvalue weighted by atomic mass is 10.0. The summed E-state index contributed by atoms with van der Waals surface area (Å²) in [5, 5.41) is 23.8. The number of carboxylic acids is 1. The first kappa shape index (κ1) is 18.5. The molecule has 0 aliphatic carbocycles. The molecule has 2 atom stereocenters. The van der Waals surface area contributed by atoms with E-state index in [0.29, 0.717) is 5.82 Å². The van der Waals surface area contributed by atoms with E-state index in [0.717, 1.165) is 5.56 Å². The predicted molar refractivity (Wildman–Crippen MR) is 88.6 cm³/mol. The Morgan fingerprint density at radius 3 is 2.52 bits per heavy atom. The van der Waals surface area contributed by atoms with Gasteiger partial charge >= 0.3 is 5.97 Å². The fourth-order valence-corrected chi connectivity index (χ4v) is 2.32. The molecule has 0 spiro atoms. The predicted octanol–water partition coefficient (Wildman–Crippen LogP) is 0.753. The van der Waals surface area contributed by atoms with Crippen LogP contribution in [0.15, 0.2) is 30.3 Å². The number of rotatable bonds is 8. The largest absolute Gasteiger partial charge is 0.480 e. The third-order valence-corrected chi connectivity index (χ3v) is 3.56. The van der Waals surface area contributed by atoms with Gasteiger partial charge in [0.05, 0.1) is 6.61 Å². The van der Waals surface area contributed by atoms with Gasteiger partial charge in [0.15, 0.2) is 12.1 Å². The number of benzene rings is 1. The van der Waals surface area contributed by atoms with E-state index in [1.54, 1.807) is 0 Å². The van der Waals surface area contributed by atoms with Gasteiger partial charge in [0.1, 0.15) is 0 Å². The van der Waals surface area contributed by atoms with Crippen molar-refractivity contribution in [2.24, 2.45) is 5.92 Å². The van der Waals surface area contributed by atoms with E-state index in [2.05, 4.69) is 20.7 Å². The van der Waals surface area contributed by atoms with Crippen molar-refractivity contribution in [1.82, 2.24) is 25.5 Å². The fraction of sp³-hybridized carbons (Fsp3) is 0.438. The van der Waals surface area contributed by atoms with Crippen LogP contribution in [0, 0.1) is 5.92 Å². The van der Waals surface area contributed by atoms with Gasteiger partial charge in [-0.15, -0.1) is 10.2 Å². The molecule has 0 fully saturated rings. The zero-order valence-corrected chi connectivity index (χ0v) is 14.3. The van der Waals surface area contributed by atoms with Crippen LogP contribution in [-0.2, 0) is 14.3 Å². The van der Waals surface area contributed by atoms with Crippen LogP contribution in [0.2, 0.25) is 0 Å². The highest BCUT2D eigenvalue weighted by atomic mass is 16.5. The highest BCUT2D eigenvalue weighted by Gasteiger charge is 2.30. The Labute approximate surface area is 145 Å². The van der Waals surface area contributed by atoms with E-state index in [4.69, 9.17) is 9.84 Å². The summed E-state index contributed by atoms with van der Waals surface area (Å²) in [5.41, 5.74) is 0.777. The summed E-state index contributed by atoms with van der Waals surface area (Å²) >= 11 is 0. The number of methoxy groups -OCH3 is 1. The molecule has 9 heteroatoms. The van der Waals surface area contributed by atoms with Crippen LogP contribution in [0.3, 0.4) is 0 Å². The van der Waals surface area contributed by atoms with Crippen LogP contribution in [-0.4, -0.2) is 56.9 Å². The van der Waals surface area contributed by atoms with Crippen LogP contribution in [0.4, 0.5) is 0 Å². The molecule has 1 aromatic heterocycles. The third-order valence-electron chi connectivity index (χ3n) is 3.56. The summed E-state index contributed by atoms with van der Waals surface area (Å²) in [6, 6.07) is 7.32. The molecule has 2 N–H and O–H groups in total. The summed E-state index contributed by atoms with van der Waals surface area (Å²) < 4.78 is 4.83. The van der Waals surface area contributed by atoms with E-state index in [1.807, 2.05) is 44.2 Å². The Hall–Kier alpha value is -2.81. The number of tetrazole rings is 1. The van der Waals surface area contributed by atoms with Gasteiger partial charge in [-0.1, -0.05) is 44.2 Å². The van der Waals surface area contributed by atoms with Gasteiger partial charge in [-0.05, 0) is 11.1 Å². The highest BCUT2D eigenvalue weighted by Crippen LogP contribution is 2.19. The molecule has 9 nitrogen and oxygen atoms in total. The van der Waals surface area contributed by atoms with Gasteiger partial charge in [0.25, 0.3) is 0 Å². The van der Waals surface area contributed by atoms with Gasteiger partial charge in [-0.2, -0.15) is 4.80 Å². The van der Waals surface area contributed by atoms with Gasteiger partial charge in [-0.25, -0.2) is 4.79 Å². The molecular weight excluding hydrogens is 326 g/mol. The van der Waals surface area contributed by atoms with E-state index in [9.17, 15) is 9.59 Å². The minimum atomic E-state index is -1.17. The fourth-order valence-electron chi connectivity index (χ4n) is 2.32. The highest BCUT2D eigenvalue weighted by molar-refractivity contribution is 5.86. The van der Waals surface area contributed by atoms with E-state index >= 15 is 0 Å². The number of nitrogens with one attached hydrogen (secondary N) is 1. The Balaban J connectivity index is 2.22. The number of aromatic nitrogens is 4. The van der Waals surface area contributed by atoms with Crippen LogP contribution >= 0.6 is 0 Å². The van der Waals surface area contributed by atoms with Crippen LogP contribution in [0.5, 0.6) is 0 Å². The molecule has 1 amide bonds. The molecule has 1 heterocycles. The first-order chi connectivity index (χ1) is 11.9. The molecule has 0 bridgehead atoms. The lowest BCUT2D eigenvalue weighted by Crippen LogP contribution is -2.47. The molecule has 2 unspecified atom stereocenters. The Bertz CT molecular complexity index is 716. The van der Waals surface area contributed by atoms with Crippen LogP contribution in [0.1, 0.15) is 19.9 Å². The van der Waals surface area contributed by atoms with Crippen molar-refractivity contribution in [1.29, 1.82) is 0 Å². The van der Waals surface area contributed by atoms with Crippen molar-refractivity contribution in [2.75, 3.05) is 13.7 Å². The van der Waals surface area contributed by atoms with Crippen molar-refractivity contribution >= 4 is 11.9 Å². The number of nitrogens with zero attached hydrogens (tertiary/aromatic N) is 4. The van der Waals surface area contributed by atoms with Crippen molar-refractivity contribution in [3.05, 3.63) is 30.3 Å². The Kier molecular flexibility index (Phi) is 6.18. The van der Waals surface area contributed by atoms with Crippen molar-refractivity contribution < 1.29 is 19.4 Å². The van der Waals surface area contributed by atoms with Gasteiger partial charge in [0, 0.05) is 12.7 Å². The van der Waals surface area contributed by atoms with Gasteiger partial charge in [-0.3, -0.25) is 4.79 Å². The average Bonchev–Trinajstić information content (AvgIpc) is 3.04. The van der Waals surface area contributed by atoms with Crippen molar-refractivity contribution in [2.45, 2.75) is 25.9 Å². The molecule has 0 aliphatic rings. The lowest BCUT2D eigenvalue weighted by molar-refractivity contribution is -0.144. The van der Waals surface area contributed by atoms with Gasteiger partial charge in [0.2, 0.25) is 11.7 Å². The van der Waals surface area contributed by atoms with Gasteiger partial charge < -0.3 is 15.2 Å². The summed E-state index contributed by atoms with van der Waals surface area (Å²) in [7, 11) is 1.37. The number of hydrogen-bond acceptors (Lipinski definition) is 6. The van der Waals surface area contributed by atoms with Crippen LogP contribution < -0.4 is 5.32 Å². The first-order valence-corrected chi connectivity index (χ1v) is 7.81. The second-order valence-electron chi connectivity index (χ2n) is 5.84. The summed E-state index contributed by atoms with van der Waals surface area (Å²) in [6.45, 7) is 3.51. The quantitative estimate of drug-likeness (QED) is 0.723. The summed E-state index contributed by atoms with van der Waals surface area (Å²) in [6.07, 6.45) is 0. The van der Waals surface area contributed by atoms with E-state index in [-0.39, 0.29) is 12.5 Å². The minimum Gasteiger partial charge on any atom is -0.480 e. The third kappa shape index (κ3) is 4.60. The molecule has 0 radical (unpaired) electrons.